The van der Waals surface area contributed by atoms with Crippen molar-refractivity contribution in [3.63, 3.8) is 0 Å². The van der Waals surface area contributed by atoms with Crippen LogP contribution in [0.1, 0.15) is 38.4 Å². The van der Waals surface area contributed by atoms with Crippen LogP contribution in [0.2, 0.25) is 0 Å². The second-order valence-corrected chi connectivity index (χ2v) is 7.86. The van der Waals surface area contributed by atoms with E-state index in [-0.39, 0.29) is 18.3 Å². The van der Waals surface area contributed by atoms with Crippen LogP contribution in [-0.4, -0.2) is 62.9 Å². The second-order valence-electron chi connectivity index (χ2n) is 7.86. The van der Waals surface area contributed by atoms with Crippen molar-refractivity contribution in [2.45, 2.75) is 46.1 Å². The Morgan fingerprint density at radius 2 is 2.04 bits per heavy atom. The zero-order valence-corrected chi connectivity index (χ0v) is 15.8. The number of hydrogen-bond acceptors (Lipinski definition) is 5. The Hall–Kier alpha value is -1.96. The van der Waals surface area contributed by atoms with E-state index < -0.39 is 4.92 Å². The molecule has 144 valence electrons. The van der Waals surface area contributed by atoms with E-state index in [0.717, 1.165) is 32.0 Å². The third kappa shape index (κ3) is 4.60. The number of aromatic nitrogens is 2. The molecule has 0 saturated carbocycles. The topological polar surface area (TPSA) is 84.5 Å². The molecule has 1 atom stereocenters. The molecule has 0 N–H and O–H groups in total. The molecule has 8 nitrogen and oxygen atoms in total. The molecule has 3 rings (SSSR count). The van der Waals surface area contributed by atoms with Crippen LogP contribution in [0, 0.1) is 28.9 Å². The average molecular weight is 363 g/mol. The number of carbonyl (C=O) groups is 1. The standard InChI is InChI=1S/C18H29N5O3/c1-14-5-8-20(9-6-14)10-16-4-3-7-21(11-16)18(24)13-22-12-17(23(25)26)19-15(22)2/h12,14,16H,3-11,13H2,1-2H3/t16-/m1/s1. The van der Waals surface area contributed by atoms with Gasteiger partial charge in [-0.2, -0.15) is 0 Å². The number of aryl methyl sites for hydroxylation is 1. The van der Waals surface area contributed by atoms with E-state index in [9.17, 15) is 14.9 Å². The first-order chi connectivity index (χ1) is 12.4. The van der Waals surface area contributed by atoms with Gasteiger partial charge in [-0.3, -0.25) is 9.36 Å². The minimum atomic E-state index is -0.523. The van der Waals surface area contributed by atoms with Crippen LogP contribution >= 0.6 is 0 Å². The Balaban J connectivity index is 1.53. The summed E-state index contributed by atoms with van der Waals surface area (Å²) in [6, 6.07) is 0. The number of carbonyl (C=O) groups excluding carboxylic acids is 1. The van der Waals surface area contributed by atoms with Crippen LogP contribution in [0.25, 0.3) is 0 Å². The summed E-state index contributed by atoms with van der Waals surface area (Å²) in [5, 5.41) is 10.8. The van der Waals surface area contributed by atoms with E-state index in [0.29, 0.717) is 11.7 Å². The molecule has 3 heterocycles. The fourth-order valence-corrected chi connectivity index (χ4v) is 4.04. The van der Waals surface area contributed by atoms with E-state index in [1.54, 1.807) is 11.5 Å². The molecule has 0 aromatic carbocycles. The summed E-state index contributed by atoms with van der Waals surface area (Å²) < 4.78 is 1.58. The smallest absolute Gasteiger partial charge is 0.358 e. The molecule has 2 fully saturated rings. The largest absolute Gasteiger partial charge is 0.381 e. The van der Waals surface area contributed by atoms with Crippen LogP contribution < -0.4 is 0 Å². The fourth-order valence-electron chi connectivity index (χ4n) is 4.04. The number of piperidine rings is 2. The first-order valence-electron chi connectivity index (χ1n) is 9.60. The minimum Gasteiger partial charge on any atom is -0.358 e. The van der Waals surface area contributed by atoms with Crippen molar-refractivity contribution in [2.24, 2.45) is 11.8 Å². The molecule has 2 aliphatic heterocycles. The summed E-state index contributed by atoms with van der Waals surface area (Å²) in [5.41, 5.74) is 0. The Morgan fingerprint density at radius 1 is 1.31 bits per heavy atom. The van der Waals surface area contributed by atoms with Crippen LogP contribution in [0.5, 0.6) is 0 Å². The molecule has 0 aliphatic carbocycles. The predicted molar refractivity (Wildman–Crippen MR) is 97.8 cm³/mol. The Morgan fingerprint density at radius 3 is 2.69 bits per heavy atom. The molecule has 1 aromatic heterocycles. The molecular weight excluding hydrogens is 334 g/mol. The number of imidazole rings is 1. The van der Waals surface area contributed by atoms with Crippen molar-refractivity contribution in [1.29, 1.82) is 0 Å². The minimum absolute atomic E-state index is 0.0253. The van der Waals surface area contributed by atoms with Gasteiger partial charge in [-0.1, -0.05) is 6.92 Å². The van der Waals surface area contributed by atoms with Crippen LogP contribution in [0.15, 0.2) is 6.20 Å². The average Bonchev–Trinajstić information content (AvgIpc) is 2.98. The van der Waals surface area contributed by atoms with Gasteiger partial charge in [-0.05, 0) is 60.5 Å². The van der Waals surface area contributed by atoms with E-state index >= 15 is 0 Å². The maximum Gasteiger partial charge on any atom is 0.381 e. The number of rotatable bonds is 5. The normalized spacial score (nSPS) is 22.5. The number of amides is 1. The van der Waals surface area contributed by atoms with Crippen molar-refractivity contribution in [3.05, 3.63) is 22.1 Å². The lowest BCUT2D eigenvalue weighted by Gasteiger charge is -2.38. The summed E-state index contributed by atoms with van der Waals surface area (Å²) in [4.78, 5) is 31.3. The molecule has 1 amide bonds. The third-order valence-electron chi connectivity index (χ3n) is 5.72. The van der Waals surface area contributed by atoms with Crippen LogP contribution in [-0.2, 0) is 11.3 Å². The lowest BCUT2D eigenvalue weighted by molar-refractivity contribution is -0.389. The molecule has 0 unspecified atom stereocenters. The van der Waals surface area contributed by atoms with E-state index in [2.05, 4.69) is 16.8 Å². The van der Waals surface area contributed by atoms with Gasteiger partial charge in [0.25, 0.3) is 0 Å². The Kier molecular flexibility index (Phi) is 5.90. The molecular formula is C18H29N5O3. The van der Waals surface area contributed by atoms with Crippen molar-refractivity contribution < 1.29 is 9.72 Å². The molecule has 0 radical (unpaired) electrons. The lowest BCUT2D eigenvalue weighted by atomic mass is 9.94. The van der Waals surface area contributed by atoms with Crippen molar-refractivity contribution in [2.75, 3.05) is 32.7 Å². The summed E-state index contributed by atoms with van der Waals surface area (Å²) in [6.07, 6.45) is 6.10. The van der Waals surface area contributed by atoms with Gasteiger partial charge in [0.1, 0.15) is 12.7 Å². The van der Waals surface area contributed by atoms with Gasteiger partial charge in [0.05, 0.1) is 0 Å². The number of hydrogen-bond donors (Lipinski definition) is 0. The molecule has 2 saturated heterocycles. The highest BCUT2D eigenvalue weighted by Gasteiger charge is 2.27. The van der Waals surface area contributed by atoms with Gasteiger partial charge < -0.3 is 19.9 Å². The van der Waals surface area contributed by atoms with Crippen molar-refractivity contribution >= 4 is 11.7 Å². The molecule has 2 aliphatic rings. The number of nitro groups is 1. The zero-order chi connectivity index (χ0) is 18.7. The monoisotopic (exact) mass is 363 g/mol. The zero-order valence-electron chi connectivity index (χ0n) is 15.8. The molecule has 0 spiro atoms. The summed E-state index contributed by atoms with van der Waals surface area (Å²) in [5.74, 6) is 1.68. The molecule has 0 bridgehead atoms. The molecule has 1 aromatic rings. The van der Waals surface area contributed by atoms with Gasteiger partial charge in [0, 0.05) is 26.6 Å². The van der Waals surface area contributed by atoms with Gasteiger partial charge in [-0.25, -0.2) is 0 Å². The summed E-state index contributed by atoms with van der Waals surface area (Å²) >= 11 is 0. The maximum atomic E-state index is 12.7. The highest BCUT2D eigenvalue weighted by atomic mass is 16.6. The van der Waals surface area contributed by atoms with Gasteiger partial charge >= 0.3 is 5.82 Å². The van der Waals surface area contributed by atoms with E-state index in [1.165, 1.54) is 38.5 Å². The lowest BCUT2D eigenvalue weighted by Crippen LogP contribution is -2.46. The Bertz CT molecular complexity index is 651. The fraction of sp³-hybridized carbons (Fsp3) is 0.778. The van der Waals surface area contributed by atoms with Crippen LogP contribution in [0.3, 0.4) is 0 Å². The quantitative estimate of drug-likeness (QED) is 0.591. The van der Waals surface area contributed by atoms with E-state index in [4.69, 9.17) is 0 Å². The predicted octanol–water partition coefficient (Wildman–Crippen LogP) is 2.07. The van der Waals surface area contributed by atoms with E-state index in [1.807, 2.05) is 4.90 Å². The summed E-state index contributed by atoms with van der Waals surface area (Å²) in [6.45, 7) is 9.13. The van der Waals surface area contributed by atoms with Gasteiger partial charge in [0.15, 0.2) is 0 Å². The number of likely N-dealkylation sites (tertiary alicyclic amines) is 2. The highest BCUT2D eigenvalue weighted by Crippen LogP contribution is 2.22. The second kappa shape index (κ2) is 8.16. The van der Waals surface area contributed by atoms with Crippen molar-refractivity contribution in [3.8, 4) is 0 Å². The Labute approximate surface area is 154 Å². The first kappa shape index (κ1) is 18.8. The van der Waals surface area contributed by atoms with Crippen LogP contribution in [0.4, 0.5) is 5.82 Å². The SMILES string of the molecule is Cc1nc([N+](=O)[O-])cn1CC(=O)N1CCC[C@H](CN2CCC(C)CC2)C1. The number of nitrogens with zero attached hydrogens (tertiary/aromatic N) is 5. The summed E-state index contributed by atoms with van der Waals surface area (Å²) in [7, 11) is 0. The third-order valence-corrected chi connectivity index (χ3v) is 5.72. The van der Waals surface area contributed by atoms with Gasteiger partial charge in [-0.15, -0.1) is 0 Å². The highest BCUT2D eigenvalue weighted by molar-refractivity contribution is 5.76. The van der Waals surface area contributed by atoms with Crippen molar-refractivity contribution in [1.82, 2.24) is 19.4 Å². The maximum absolute atomic E-state index is 12.7. The molecule has 26 heavy (non-hydrogen) atoms. The van der Waals surface area contributed by atoms with Gasteiger partial charge in [0.2, 0.25) is 11.7 Å². The molecule has 8 heteroatoms. The first-order valence-corrected chi connectivity index (χ1v) is 9.60.